The van der Waals surface area contributed by atoms with E-state index in [1.54, 1.807) is 11.9 Å². The molecule has 1 aromatic carbocycles. The maximum Gasteiger partial charge on any atom is 0.0554 e. The second-order valence-electron chi connectivity index (χ2n) is 3.78. The number of anilines is 1. The zero-order valence-electron chi connectivity index (χ0n) is 8.79. The van der Waals surface area contributed by atoms with Gasteiger partial charge in [-0.1, -0.05) is 0 Å². The van der Waals surface area contributed by atoms with Gasteiger partial charge in [-0.25, -0.2) is 4.31 Å². The number of benzene rings is 1. The highest BCUT2D eigenvalue weighted by atomic mass is 32.2. The Morgan fingerprint density at radius 2 is 2.20 bits per heavy atom. The van der Waals surface area contributed by atoms with E-state index in [1.807, 2.05) is 13.0 Å². The van der Waals surface area contributed by atoms with E-state index in [0.717, 1.165) is 34.8 Å². The summed E-state index contributed by atoms with van der Waals surface area (Å²) in [6, 6.07) is 4.04. The van der Waals surface area contributed by atoms with Gasteiger partial charge in [0.15, 0.2) is 0 Å². The molecule has 0 aliphatic carbocycles. The molecule has 0 saturated carbocycles. The van der Waals surface area contributed by atoms with Gasteiger partial charge in [-0.3, -0.25) is 0 Å². The van der Waals surface area contributed by atoms with Gasteiger partial charge in [-0.05, 0) is 43.0 Å². The molecule has 3 N–H and O–H groups in total. The first kappa shape index (κ1) is 10.5. The average Bonchev–Trinajstić information content (AvgIpc) is 2.16. The van der Waals surface area contributed by atoms with E-state index in [9.17, 15) is 0 Å². The molecule has 1 aliphatic heterocycles. The van der Waals surface area contributed by atoms with Crippen LogP contribution in [0.4, 0.5) is 5.69 Å². The summed E-state index contributed by atoms with van der Waals surface area (Å²) in [5.41, 5.74) is 8.70. The number of hydrogen-bond donors (Lipinski definition) is 2. The van der Waals surface area contributed by atoms with E-state index in [2.05, 4.69) is 10.4 Å². The summed E-state index contributed by atoms with van der Waals surface area (Å²) in [4.78, 5) is 1.08. The molecule has 0 atom stereocenters. The van der Waals surface area contributed by atoms with Crippen molar-refractivity contribution in [3.05, 3.63) is 23.3 Å². The quantitative estimate of drug-likeness (QED) is 0.468. The first-order chi connectivity index (χ1) is 7.20. The summed E-state index contributed by atoms with van der Waals surface area (Å²) < 4.78 is 2.29. The van der Waals surface area contributed by atoms with Crippen LogP contribution in [0.25, 0.3) is 0 Å². The maximum atomic E-state index is 7.29. The number of rotatable bonds is 3. The van der Waals surface area contributed by atoms with Crippen molar-refractivity contribution in [2.24, 2.45) is 0 Å². The van der Waals surface area contributed by atoms with Crippen molar-refractivity contribution in [1.82, 2.24) is 4.31 Å². The number of nitrogens with two attached hydrogens (primary N) is 1. The Bertz CT molecular complexity index is 386. The average molecular weight is 221 g/mol. The van der Waals surface area contributed by atoms with Crippen molar-refractivity contribution >= 4 is 23.8 Å². The summed E-state index contributed by atoms with van der Waals surface area (Å²) in [7, 11) is 0. The summed E-state index contributed by atoms with van der Waals surface area (Å²) in [6.07, 6.45) is 2.60. The third-order valence-corrected chi connectivity index (χ3v) is 3.67. The van der Waals surface area contributed by atoms with Gasteiger partial charge in [0.25, 0.3) is 0 Å². The molecule has 1 fully saturated rings. The van der Waals surface area contributed by atoms with Crippen LogP contribution in [0.1, 0.15) is 17.5 Å². The lowest BCUT2D eigenvalue weighted by Crippen LogP contribution is -2.30. The molecule has 1 saturated heterocycles. The van der Waals surface area contributed by atoms with Crippen LogP contribution in [0.2, 0.25) is 0 Å². The first-order valence-electron chi connectivity index (χ1n) is 5.04. The minimum absolute atomic E-state index is 0.729. The normalized spacial score (nSPS) is 16.1. The Hall–Kier alpha value is -1.00. The van der Waals surface area contributed by atoms with E-state index in [0.29, 0.717) is 0 Å². The lowest BCUT2D eigenvalue weighted by molar-refractivity contribution is 0.344. The van der Waals surface area contributed by atoms with Crippen molar-refractivity contribution in [2.75, 3.05) is 18.8 Å². The topological polar surface area (TPSA) is 53.1 Å². The Kier molecular flexibility index (Phi) is 2.98. The molecule has 3 nitrogen and oxygen atoms in total. The van der Waals surface area contributed by atoms with Crippen molar-refractivity contribution < 1.29 is 0 Å². The lowest BCUT2D eigenvalue weighted by Gasteiger charge is -2.29. The molecule has 4 heteroatoms. The first-order valence-corrected chi connectivity index (χ1v) is 5.81. The summed E-state index contributed by atoms with van der Waals surface area (Å²) in [5.74, 6) is 0. The van der Waals surface area contributed by atoms with Crippen LogP contribution >= 0.6 is 11.9 Å². The molecule has 1 heterocycles. The van der Waals surface area contributed by atoms with Gasteiger partial charge >= 0.3 is 0 Å². The fourth-order valence-corrected chi connectivity index (χ4v) is 2.68. The van der Waals surface area contributed by atoms with Crippen LogP contribution in [0.15, 0.2) is 17.0 Å². The monoisotopic (exact) mass is 221 g/mol. The Morgan fingerprint density at radius 1 is 1.47 bits per heavy atom. The molecule has 0 bridgehead atoms. The van der Waals surface area contributed by atoms with Crippen LogP contribution in [-0.4, -0.2) is 23.6 Å². The second-order valence-corrected chi connectivity index (χ2v) is 4.92. The SMILES string of the molecule is Cc1cc(C=N)c(N)c(SN2CCC2)c1. The van der Waals surface area contributed by atoms with Gasteiger partial charge < -0.3 is 11.1 Å². The maximum absolute atomic E-state index is 7.29. The van der Waals surface area contributed by atoms with Crippen molar-refractivity contribution in [3.8, 4) is 0 Å². The molecule has 0 aromatic heterocycles. The van der Waals surface area contributed by atoms with E-state index in [-0.39, 0.29) is 0 Å². The van der Waals surface area contributed by atoms with Crippen LogP contribution in [-0.2, 0) is 0 Å². The van der Waals surface area contributed by atoms with E-state index in [4.69, 9.17) is 11.1 Å². The molecule has 80 valence electrons. The van der Waals surface area contributed by atoms with Gasteiger partial charge in [0.05, 0.1) is 5.69 Å². The highest BCUT2D eigenvalue weighted by Gasteiger charge is 2.17. The minimum atomic E-state index is 0.729. The van der Waals surface area contributed by atoms with Gasteiger partial charge in [0.2, 0.25) is 0 Å². The summed E-state index contributed by atoms with van der Waals surface area (Å²) >= 11 is 1.71. The fraction of sp³-hybridized carbons (Fsp3) is 0.364. The molecule has 0 radical (unpaired) electrons. The zero-order valence-corrected chi connectivity index (χ0v) is 9.60. The Labute approximate surface area is 94.3 Å². The molecule has 1 aromatic rings. The van der Waals surface area contributed by atoms with Crippen LogP contribution in [0.3, 0.4) is 0 Å². The number of nitrogens with one attached hydrogen (secondary N) is 1. The van der Waals surface area contributed by atoms with Gasteiger partial charge in [-0.15, -0.1) is 0 Å². The molecule has 0 amide bonds. The van der Waals surface area contributed by atoms with E-state index < -0.39 is 0 Å². The standard InChI is InChI=1S/C11H15N3S/c1-8-5-9(7-12)11(13)10(6-8)15-14-3-2-4-14/h5-7,12H,2-4,13H2,1H3. The lowest BCUT2D eigenvalue weighted by atomic mass is 10.1. The van der Waals surface area contributed by atoms with Crippen molar-refractivity contribution in [3.63, 3.8) is 0 Å². The highest BCUT2D eigenvalue weighted by molar-refractivity contribution is 7.97. The van der Waals surface area contributed by atoms with Crippen LogP contribution < -0.4 is 5.73 Å². The summed E-state index contributed by atoms with van der Waals surface area (Å²) in [6.45, 7) is 4.31. The predicted octanol–water partition coefficient (Wildman–Crippen LogP) is 2.29. The third kappa shape index (κ3) is 2.16. The van der Waals surface area contributed by atoms with Gasteiger partial charge in [0, 0.05) is 29.8 Å². The molecule has 1 aliphatic rings. The number of aryl methyl sites for hydroxylation is 1. The molecule has 0 spiro atoms. The predicted molar refractivity (Wildman–Crippen MR) is 65.5 cm³/mol. The van der Waals surface area contributed by atoms with E-state index >= 15 is 0 Å². The van der Waals surface area contributed by atoms with Crippen molar-refractivity contribution in [2.45, 2.75) is 18.2 Å². The van der Waals surface area contributed by atoms with Crippen molar-refractivity contribution in [1.29, 1.82) is 5.41 Å². The molecule has 0 unspecified atom stereocenters. The van der Waals surface area contributed by atoms with Gasteiger partial charge in [0.1, 0.15) is 0 Å². The fourth-order valence-electron chi connectivity index (χ4n) is 1.50. The Morgan fingerprint density at radius 3 is 2.73 bits per heavy atom. The zero-order chi connectivity index (χ0) is 10.8. The third-order valence-electron chi connectivity index (χ3n) is 2.52. The summed E-state index contributed by atoms with van der Waals surface area (Å²) in [5, 5.41) is 7.29. The van der Waals surface area contributed by atoms with E-state index in [1.165, 1.54) is 12.6 Å². The van der Waals surface area contributed by atoms with Crippen LogP contribution in [0.5, 0.6) is 0 Å². The largest absolute Gasteiger partial charge is 0.397 e. The highest BCUT2D eigenvalue weighted by Crippen LogP contribution is 2.33. The number of nitrogens with zero attached hydrogens (tertiary/aromatic N) is 1. The van der Waals surface area contributed by atoms with Crippen LogP contribution in [0, 0.1) is 12.3 Å². The molecular formula is C11H15N3S. The number of hydrogen-bond acceptors (Lipinski definition) is 4. The smallest absolute Gasteiger partial charge is 0.0554 e. The molecular weight excluding hydrogens is 206 g/mol. The Balaban J connectivity index is 2.27. The number of nitrogen functional groups attached to an aromatic ring is 1. The molecule has 2 rings (SSSR count). The minimum Gasteiger partial charge on any atom is -0.397 e. The second kappa shape index (κ2) is 4.24. The van der Waals surface area contributed by atoms with Gasteiger partial charge in [-0.2, -0.15) is 0 Å². The molecule has 15 heavy (non-hydrogen) atoms.